The summed E-state index contributed by atoms with van der Waals surface area (Å²) in [5, 5.41) is 0. The molecular formula is C7H13N3O2S. The van der Waals surface area contributed by atoms with Gasteiger partial charge in [-0.3, -0.25) is 4.79 Å². The fraction of sp³-hybridized carbons (Fsp3) is 0.857. The van der Waals surface area contributed by atoms with Gasteiger partial charge in [-0.2, -0.15) is 0 Å². The number of hydrogen-bond donors (Lipinski definition) is 2. The maximum Gasteiger partial charge on any atom is 0.242 e. The van der Waals surface area contributed by atoms with Gasteiger partial charge >= 0.3 is 0 Å². The average molecular weight is 203 g/mol. The number of morpholine rings is 1. The zero-order valence-corrected chi connectivity index (χ0v) is 8.10. The van der Waals surface area contributed by atoms with Crippen LogP contribution >= 0.6 is 11.9 Å². The van der Waals surface area contributed by atoms with Crippen molar-refractivity contribution in [1.29, 1.82) is 0 Å². The normalized spacial score (nSPS) is 29.2. The van der Waals surface area contributed by atoms with Gasteiger partial charge in [-0.05, 0) is 0 Å². The van der Waals surface area contributed by atoms with Gasteiger partial charge in [-0.1, -0.05) is 11.9 Å². The van der Waals surface area contributed by atoms with Crippen molar-refractivity contribution in [2.24, 2.45) is 0 Å². The van der Waals surface area contributed by atoms with Crippen LogP contribution in [0.3, 0.4) is 0 Å². The molecule has 0 saturated carbocycles. The molecule has 1 atom stereocenters. The van der Waals surface area contributed by atoms with E-state index in [9.17, 15) is 4.79 Å². The largest absolute Gasteiger partial charge is 0.378 e. The second-order valence-corrected chi connectivity index (χ2v) is 3.87. The third-order valence-electron chi connectivity index (χ3n) is 2.18. The first-order chi connectivity index (χ1) is 6.38. The van der Waals surface area contributed by atoms with Crippen LogP contribution in [0.4, 0.5) is 0 Å². The van der Waals surface area contributed by atoms with Crippen molar-refractivity contribution >= 4 is 17.9 Å². The number of hydrogen-bond acceptors (Lipinski definition) is 5. The molecule has 74 valence electrons. The van der Waals surface area contributed by atoms with Crippen molar-refractivity contribution in [3.8, 4) is 0 Å². The van der Waals surface area contributed by atoms with Crippen molar-refractivity contribution in [1.82, 2.24) is 15.2 Å². The van der Waals surface area contributed by atoms with E-state index < -0.39 is 0 Å². The third kappa shape index (κ3) is 2.14. The number of ether oxygens (including phenoxy) is 1. The molecule has 0 bridgehead atoms. The monoisotopic (exact) mass is 203 g/mol. The van der Waals surface area contributed by atoms with Gasteiger partial charge in [-0.25, -0.2) is 10.3 Å². The molecule has 13 heavy (non-hydrogen) atoms. The van der Waals surface area contributed by atoms with E-state index in [0.29, 0.717) is 13.2 Å². The lowest BCUT2D eigenvalue weighted by Gasteiger charge is -2.28. The van der Waals surface area contributed by atoms with E-state index in [2.05, 4.69) is 10.3 Å². The van der Waals surface area contributed by atoms with Crippen molar-refractivity contribution in [2.45, 2.75) is 6.04 Å². The Hall–Kier alpha value is -0.300. The number of hydrazine groups is 1. The smallest absolute Gasteiger partial charge is 0.242 e. The van der Waals surface area contributed by atoms with Gasteiger partial charge in [0.15, 0.2) is 0 Å². The molecule has 1 unspecified atom stereocenters. The zero-order valence-electron chi connectivity index (χ0n) is 7.28. The lowest BCUT2D eigenvalue weighted by molar-refractivity contribution is -0.136. The predicted octanol–water partition coefficient (Wildman–Crippen LogP) is -1.03. The molecule has 2 aliphatic heterocycles. The Morgan fingerprint density at radius 1 is 1.46 bits per heavy atom. The minimum absolute atomic E-state index is 0.0666. The molecule has 0 aromatic rings. The molecule has 0 aromatic carbocycles. The SMILES string of the molecule is O=C(C1CSNN1)N1CCOCC1. The lowest BCUT2D eigenvalue weighted by atomic mass is 10.3. The van der Waals surface area contributed by atoms with Crippen LogP contribution in [0, 0.1) is 0 Å². The number of carbonyl (C=O) groups excluding carboxylic acids is 1. The molecule has 2 N–H and O–H groups in total. The summed E-state index contributed by atoms with van der Waals surface area (Å²) in [6.45, 7) is 2.78. The maximum atomic E-state index is 11.8. The van der Waals surface area contributed by atoms with Gasteiger partial charge in [0.05, 0.1) is 13.2 Å². The molecule has 0 spiro atoms. The Labute approximate surface area is 81.3 Å². The molecule has 2 aliphatic rings. The second-order valence-electron chi connectivity index (χ2n) is 3.05. The van der Waals surface area contributed by atoms with E-state index in [1.54, 1.807) is 0 Å². The van der Waals surface area contributed by atoms with E-state index in [4.69, 9.17) is 4.74 Å². The highest BCUT2D eigenvalue weighted by Crippen LogP contribution is 2.08. The van der Waals surface area contributed by atoms with Crippen LogP contribution in [0.15, 0.2) is 0 Å². The van der Waals surface area contributed by atoms with Gasteiger partial charge in [0.1, 0.15) is 6.04 Å². The van der Waals surface area contributed by atoms with Crippen molar-refractivity contribution in [2.75, 3.05) is 32.1 Å². The van der Waals surface area contributed by atoms with Crippen LogP contribution in [0.25, 0.3) is 0 Å². The van der Waals surface area contributed by atoms with E-state index in [1.165, 1.54) is 11.9 Å². The first kappa shape index (κ1) is 9.26. The number of amides is 1. The van der Waals surface area contributed by atoms with Gasteiger partial charge in [0, 0.05) is 18.8 Å². The summed E-state index contributed by atoms with van der Waals surface area (Å²) < 4.78 is 5.18. The molecular weight excluding hydrogens is 190 g/mol. The topological polar surface area (TPSA) is 53.6 Å². The van der Waals surface area contributed by atoms with Crippen molar-refractivity contribution in [3.63, 3.8) is 0 Å². The predicted molar refractivity (Wildman–Crippen MR) is 49.9 cm³/mol. The Morgan fingerprint density at radius 2 is 2.23 bits per heavy atom. The Bertz CT molecular complexity index is 190. The Kier molecular flexibility index (Phi) is 3.05. The zero-order chi connectivity index (χ0) is 9.10. The van der Waals surface area contributed by atoms with Crippen LogP contribution in [-0.2, 0) is 9.53 Å². The number of carbonyl (C=O) groups is 1. The molecule has 2 fully saturated rings. The van der Waals surface area contributed by atoms with E-state index in [1.807, 2.05) is 4.90 Å². The summed E-state index contributed by atoms with van der Waals surface area (Å²) in [6, 6.07) is -0.0666. The first-order valence-electron chi connectivity index (χ1n) is 4.37. The standard InChI is InChI=1S/C7H13N3O2S/c11-7(6-5-13-9-8-6)10-1-3-12-4-2-10/h6,8-9H,1-5H2. The molecule has 2 saturated heterocycles. The van der Waals surface area contributed by atoms with E-state index >= 15 is 0 Å². The van der Waals surface area contributed by atoms with Crippen LogP contribution in [-0.4, -0.2) is 48.9 Å². The van der Waals surface area contributed by atoms with Gasteiger partial charge < -0.3 is 9.64 Å². The van der Waals surface area contributed by atoms with Gasteiger partial charge in [0.2, 0.25) is 5.91 Å². The molecule has 1 amide bonds. The van der Waals surface area contributed by atoms with E-state index in [-0.39, 0.29) is 11.9 Å². The second kappa shape index (κ2) is 4.28. The van der Waals surface area contributed by atoms with Crippen molar-refractivity contribution in [3.05, 3.63) is 0 Å². The summed E-state index contributed by atoms with van der Waals surface area (Å²) in [7, 11) is 0. The molecule has 0 aromatic heterocycles. The Morgan fingerprint density at radius 3 is 2.85 bits per heavy atom. The molecule has 6 heteroatoms. The summed E-state index contributed by atoms with van der Waals surface area (Å²) in [5.41, 5.74) is 2.93. The number of nitrogens with one attached hydrogen (secondary N) is 2. The summed E-state index contributed by atoms with van der Waals surface area (Å²) in [5.74, 6) is 0.983. The van der Waals surface area contributed by atoms with Crippen LogP contribution in [0.5, 0.6) is 0 Å². The highest BCUT2D eigenvalue weighted by atomic mass is 32.2. The first-order valence-corrected chi connectivity index (χ1v) is 5.35. The van der Waals surface area contributed by atoms with Gasteiger partial charge in [-0.15, -0.1) is 0 Å². The van der Waals surface area contributed by atoms with Crippen LogP contribution < -0.4 is 10.3 Å². The van der Waals surface area contributed by atoms with E-state index in [0.717, 1.165) is 18.8 Å². The molecule has 2 rings (SSSR count). The number of rotatable bonds is 1. The Balaban J connectivity index is 1.87. The quantitative estimate of drug-likeness (QED) is 0.534. The number of nitrogens with zero attached hydrogens (tertiary/aromatic N) is 1. The molecule has 5 nitrogen and oxygen atoms in total. The van der Waals surface area contributed by atoms with Gasteiger partial charge in [0.25, 0.3) is 0 Å². The molecule has 2 heterocycles. The van der Waals surface area contributed by atoms with Crippen LogP contribution in [0.2, 0.25) is 0 Å². The molecule has 0 radical (unpaired) electrons. The minimum Gasteiger partial charge on any atom is -0.378 e. The summed E-state index contributed by atoms with van der Waals surface area (Å²) in [4.78, 5) is 16.5. The molecule has 0 aliphatic carbocycles. The summed E-state index contributed by atoms with van der Waals surface area (Å²) >= 11 is 1.53. The highest BCUT2D eigenvalue weighted by molar-refractivity contribution is 7.97. The third-order valence-corrected chi connectivity index (χ3v) is 2.94. The summed E-state index contributed by atoms with van der Waals surface area (Å²) in [6.07, 6.45) is 0. The average Bonchev–Trinajstić information content (AvgIpc) is 2.71. The van der Waals surface area contributed by atoms with Crippen molar-refractivity contribution < 1.29 is 9.53 Å². The minimum atomic E-state index is -0.0666. The fourth-order valence-corrected chi connectivity index (χ4v) is 2.12. The fourth-order valence-electron chi connectivity index (χ4n) is 1.42. The van der Waals surface area contributed by atoms with Crippen LogP contribution in [0.1, 0.15) is 0 Å². The highest BCUT2D eigenvalue weighted by Gasteiger charge is 2.28. The lowest BCUT2D eigenvalue weighted by Crippen LogP contribution is -2.50. The maximum absolute atomic E-state index is 11.8.